The molecule has 0 spiro atoms. The third-order valence-electron chi connectivity index (χ3n) is 2.16. The molecular weight excluding hydrogens is 140 g/mol. The molecule has 0 aliphatic carbocycles. The lowest BCUT2D eigenvalue weighted by Gasteiger charge is -2.34. The number of aldehydes is 1. The number of carbonyl (C=O) groups is 1. The van der Waals surface area contributed by atoms with E-state index in [-0.39, 0.29) is 6.04 Å². The molecular formula is C8H15N2O. The number of rotatable bonds is 2. The molecule has 0 saturated carbocycles. The molecule has 0 amide bonds. The van der Waals surface area contributed by atoms with Crippen molar-refractivity contribution in [3.63, 3.8) is 0 Å². The van der Waals surface area contributed by atoms with Crippen LogP contribution in [0.1, 0.15) is 0 Å². The number of likely N-dealkylation sites (N-methyl/N-ethyl adjacent to an activating group) is 1. The van der Waals surface area contributed by atoms with Gasteiger partial charge in [0.15, 0.2) is 0 Å². The van der Waals surface area contributed by atoms with Gasteiger partial charge < -0.3 is 9.69 Å². The first-order valence-corrected chi connectivity index (χ1v) is 3.95. The van der Waals surface area contributed by atoms with Gasteiger partial charge in [0.05, 0.1) is 6.04 Å². The Bertz CT molecular complexity index is 130. The summed E-state index contributed by atoms with van der Waals surface area (Å²) in [6.07, 6.45) is 0.908. The third kappa shape index (κ3) is 2.27. The Morgan fingerprint density at radius 3 is 2.36 bits per heavy atom. The average Bonchev–Trinajstić information content (AvgIpc) is 2.05. The van der Waals surface area contributed by atoms with Gasteiger partial charge in [0.2, 0.25) is 0 Å². The molecule has 1 rings (SSSR count). The molecule has 0 aromatic heterocycles. The standard InChI is InChI=1S/C8H15N2O/c1-8(7-11)10-5-3-9(2)4-6-10/h7-8H,1,3-6H2,2H3. The number of piperazine rings is 1. The highest BCUT2D eigenvalue weighted by atomic mass is 16.1. The zero-order valence-corrected chi connectivity index (χ0v) is 6.99. The van der Waals surface area contributed by atoms with Gasteiger partial charge in [-0.15, -0.1) is 0 Å². The highest BCUT2D eigenvalue weighted by Crippen LogP contribution is 2.01. The Balaban J connectivity index is 2.32. The number of hydrogen-bond donors (Lipinski definition) is 0. The van der Waals surface area contributed by atoms with Crippen molar-refractivity contribution >= 4 is 6.29 Å². The van der Waals surface area contributed by atoms with E-state index in [2.05, 4.69) is 23.8 Å². The van der Waals surface area contributed by atoms with E-state index >= 15 is 0 Å². The van der Waals surface area contributed by atoms with Crippen molar-refractivity contribution in [1.82, 2.24) is 9.80 Å². The van der Waals surface area contributed by atoms with E-state index in [0.717, 1.165) is 32.5 Å². The first kappa shape index (κ1) is 8.68. The van der Waals surface area contributed by atoms with E-state index in [0.29, 0.717) is 0 Å². The minimum absolute atomic E-state index is 0.149. The summed E-state index contributed by atoms with van der Waals surface area (Å²) in [5, 5.41) is 0. The molecule has 0 bridgehead atoms. The highest BCUT2D eigenvalue weighted by molar-refractivity contribution is 5.58. The summed E-state index contributed by atoms with van der Waals surface area (Å²) in [7, 11) is 2.09. The lowest BCUT2D eigenvalue weighted by atomic mass is 10.2. The first-order valence-electron chi connectivity index (χ1n) is 3.95. The zero-order chi connectivity index (χ0) is 8.27. The molecule has 1 heterocycles. The third-order valence-corrected chi connectivity index (χ3v) is 2.16. The van der Waals surface area contributed by atoms with Gasteiger partial charge in [0, 0.05) is 26.2 Å². The van der Waals surface area contributed by atoms with Crippen LogP contribution in [0.5, 0.6) is 0 Å². The van der Waals surface area contributed by atoms with Crippen molar-refractivity contribution in [3.05, 3.63) is 6.92 Å². The Labute approximate surface area is 68.0 Å². The normalized spacial score (nSPS) is 24.9. The molecule has 11 heavy (non-hydrogen) atoms. The summed E-state index contributed by atoms with van der Waals surface area (Å²) >= 11 is 0. The van der Waals surface area contributed by atoms with E-state index in [1.165, 1.54) is 0 Å². The largest absolute Gasteiger partial charge is 0.304 e. The predicted octanol–water partition coefficient (Wildman–Crippen LogP) is -0.365. The lowest BCUT2D eigenvalue weighted by Crippen LogP contribution is -2.48. The molecule has 3 nitrogen and oxygen atoms in total. The molecule has 1 aliphatic rings. The fourth-order valence-corrected chi connectivity index (χ4v) is 1.24. The van der Waals surface area contributed by atoms with Crippen LogP contribution in [0, 0.1) is 6.92 Å². The molecule has 1 radical (unpaired) electrons. The van der Waals surface area contributed by atoms with Crippen LogP contribution in [-0.4, -0.2) is 55.4 Å². The molecule has 1 unspecified atom stereocenters. The summed E-state index contributed by atoms with van der Waals surface area (Å²) in [6.45, 7) is 7.75. The summed E-state index contributed by atoms with van der Waals surface area (Å²) < 4.78 is 0. The molecule has 1 aliphatic heterocycles. The van der Waals surface area contributed by atoms with E-state index in [9.17, 15) is 4.79 Å². The topological polar surface area (TPSA) is 23.6 Å². The van der Waals surface area contributed by atoms with Crippen LogP contribution in [0.25, 0.3) is 0 Å². The fraction of sp³-hybridized carbons (Fsp3) is 0.750. The van der Waals surface area contributed by atoms with Gasteiger partial charge in [0.25, 0.3) is 0 Å². The quantitative estimate of drug-likeness (QED) is 0.509. The monoisotopic (exact) mass is 155 g/mol. The lowest BCUT2D eigenvalue weighted by molar-refractivity contribution is -0.111. The molecule has 1 saturated heterocycles. The second-order valence-electron chi connectivity index (χ2n) is 3.04. The van der Waals surface area contributed by atoms with Gasteiger partial charge in [-0.25, -0.2) is 0 Å². The van der Waals surface area contributed by atoms with E-state index in [4.69, 9.17) is 0 Å². The summed E-state index contributed by atoms with van der Waals surface area (Å²) in [6, 6.07) is -0.149. The van der Waals surface area contributed by atoms with Crippen molar-refractivity contribution < 1.29 is 4.79 Å². The smallest absolute Gasteiger partial charge is 0.137 e. The van der Waals surface area contributed by atoms with Gasteiger partial charge in [-0.1, -0.05) is 0 Å². The average molecular weight is 155 g/mol. The maximum atomic E-state index is 10.4. The van der Waals surface area contributed by atoms with E-state index in [1.807, 2.05) is 0 Å². The summed E-state index contributed by atoms with van der Waals surface area (Å²) in [5.74, 6) is 0. The summed E-state index contributed by atoms with van der Waals surface area (Å²) in [5.41, 5.74) is 0. The SMILES string of the molecule is [CH2]C(C=O)N1CCN(C)CC1. The number of nitrogens with zero attached hydrogens (tertiary/aromatic N) is 2. The number of hydrogen-bond acceptors (Lipinski definition) is 3. The molecule has 0 N–H and O–H groups in total. The van der Waals surface area contributed by atoms with E-state index < -0.39 is 0 Å². The molecule has 63 valence electrons. The highest BCUT2D eigenvalue weighted by Gasteiger charge is 2.17. The van der Waals surface area contributed by atoms with Crippen LogP contribution >= 0.6 is 0 Å². The maximum absolute atomic E-state index is 10.4. The minimum Gasteiger partial charge on any atom is -0.304 e. The fourth-order valence-electron chi connectivity index (χ4n) is 1.24. The Hall–Kier alpha value is -0.410. The van der Waals surface area contributed by atoms with Crippen molar-refractivity contribution in [2.45, 2.75) is 6.04 Å². The molecule has 1 atom stereocenters. The van der Waals surface area contributed by atoms with Crippen LogP contribution in [0.4, 0.5) is 0 Å². The predicted molar refractivity (Wildman–Crippen MR) is 44.3 cm³/mol. The van der Waals surface area contributed by atoms with Gasteiger partial charge >= 0.3 is 0 Å². The molecule has 0 aromatic rings. The van der Waals surface area contributed by atoms with Crippen molar-refractivity contribution in [3.8, 4) is 0 Å². The summed E-state index contributed by atoms with van der Waals surface area (Å²) in [4.78, 5) is 14.7. The van der Waals surface area contributed by atoms with Crippen molar-refractivity contribution in [2.75, 3.05) is 33.2 Å². The number of carbonyl (C=O) groups excluding carboxylic acids is 1. The van der Waals surface area contributed by atoms with E-state index in [1.54, 1.807) is 0 Å². The van der Waals surface area contributed by atoms with Crippen LogP contribution < -0.4 is 0 Å². The second kappa shape index (κ2) is 3.83. The first-order chi connectivity index (χ1) is 5.24. The van der Waals surface area contributed by atoms with Crippen LogP contribution in [0.15, 0.2) is 0 Å². The van der Waals surface area contributed by atoms with Gasteiger partial charge in [-0.2, -0.15) is 0 Å². The van der Waals surface area contributed by atoms with Crippen LogP contribution in [0.3, 0.4) is 0 Å². The zero-order valence-electron chi connectivity index (χ0n) is 6.99. The molecule has 1 fully saturated rings. The van der Waals surface area contributed by atoms with Crippen LogP contribution in [-0.2, 0) is 4.79 Å². The van der Waals surface area contributed by atoms with Crippen molar-refractivity contribution in [1.29, 1.82) is 0 Å². The second-order valence-corrected chi connectivity index (χ2v) is 3.04. The minimum atomic E-state index is -0.149. The molecule has 3 heteroatoms. The van der Waals surface area contributed by atoms with Gasteiger partial charge in [0.1, 0.15) is 6.29 Å². The Morgan fingerprint density at radius 1 is 1.36 bits per heavy atom. The van der Waals surface area contributed by atoms with Crippen molar-refractivity contribution in [2.24, 2.45) is 0 Å². The Kier molecular flexibility index (Phi) is 3.02. The molecule has 0 aromatic carbocycles. The van der Waals surface area contributed by atoms with Gasteiger partial charge in [-0.3, -0.25) is 4.90 Å². The Morgan fingerprint density at radius 2 is 1.91 bits per heavy atom. The van der Waals surface area contributed by atoms with Gasteiger partial charge in [-0.05, 0) is 14.0 Å². The maximum Gasteiger partial charge on any atom is 0.137 e. The van der Waals surface area contributed by atoms with Crippen LogP contribution in [0.2, 0.25) is 0 Å².